The number of carbonyl (C=O) groups excluding carboxylic acids is 1. The van der Waals surface area contributed by atoms with Crippen LogP contribution in [0.25, 0.3) is 22.2 Å². The van der Waals surface area contributed by atoms with E-state index in [-0.39, 0.29) is 28.6 Å². The summed E-state index contributed by atoms with van der Waals surface area (Å²) in [6.07, 6.45) is 1.02. The minimum Gasteiger partial charge on any atom is -0.387 e. The highest BCUT2D eigenvalue weighted by molar-refractivity contribution is 7.16. The summed E-state index contributed by atoms with van der Waals surface area (Å²) in [7, 11) is 1.83. The molecule has 3 fully saturated rings. The molecule has 3 aliphatic heterocycles. The summed E-state index contributed by atoms with van der Waals surface area (Å²) in [6, 6.07) is 11.5. The van der Waals surface area contributed by atoms with Gasteiger partial charge in [-0.1, -0.05) is 11.3 Å². The Morgan fingerprint density at radius 1 is 1.16 bits per heavy atom. The molecule has 2 aromatic carbocycles. The standard InChI is InChI=1S/C33H30F2N6O3S/c1-39(32-38-27(26(12-36)45-32)18-2-4-20(34)5-3-18)30-22-6-7-25(42)29(22)37-28-23(30)10-21(11-24(28)35)40-14-33(15-40)16-41(17-33)31(43)19-8-9-44-13-19/h2-5,10-11,19,25,42H,6-9,13-17H2,1H3/t19-,25-/m0/s1. The summed E-state index contributed by atoms with van der Waals surface area (Å²) in [5.74, 6) is -0.719. The third kappa shape index (κ3) is 4.56. The highest BCUT2D eigenvalue weighted by atomic mass is 32.1. The molecule has 5 heterocycles. The maximum Gasteiger partial charge on any atom is 0.228 e. The number of aliphatic hydroxyl groups is 1. The van der Waals surface area contributed by atoms with Crippen LogP contribution < -0.4 is 9.80 Å². The number of hydrogen-bond donors (Lipinski definition) is 1. The number of ether oxygens (including phenoxy) is 1. The highest BCUT2D eigenvalue weighted by Gasteiger charge is 2.54. The fourth-order valence-electron chi connectivity index (χ4n) is 7.34. The molecule has 0 radical (unpaired) electrons. The first-order valence-corrected chi connectivity index (χ1v) is 15.9. The second-order valence-corrected chi connectivity index (χ2v) is 13.6. The molecule has 1 spiro atoms. The average Bonchev–Trinajstić information content (AvgIpc) is 3.76. The van der Waals surface area contributed by atoms with Gasteiger partial charge in [0.15, 0.2) is 10.9 Å². The van der Waals surface area contributed by atoms with Gasteiger partial charge in [0.05, 0.1) is 30.0 Å². The Hall–Kier alpha value is -4.18. The summed E-state index contributed by atoms with van der Waals surface area (Å²) >= 11 is 1.20. The molecule has 45 heavy (non-hydrogen) atoms. The van der Waals surface area contributed by atoms with Crippen molar-refractivity contribution in [2.75, 3.05) is 56.2 Å². The second kappa shape index (κ2) is 10.4. The molecule has 4 aliphatic rings. The van der Waals surface area contributed by atoms with Gasteiger partial charge in [-0.3, -0.25) is 4.79 Å². The minimum absolute atomic E-state index is 0.0197. The lowest BCUT2D eigenvalue weighted by molar-refractivity contribution is -0.149. The number of nitriles is 1. The molecule has 0 saturated carbocycles. The summed E-state index contributed by atoms with van der Waals surface area (Å²) in [5.41, 5.74) is 3.99. The van der Waals surface area contributed by atoms with E-state index in [9.17, 15) is 19.6 Å². The number of aromatic nitrogens is 2. The molecule has 1 N–H and O–H groups in total. The van der Waals surface area contributed by atoms with Crippen LogP contribution in [0.1, 0.15) is 35.1 Å². The summed E-state index contributed by atoms with van der Waals surface area (Å²) in [5, 5.41) is 21.8. The van der Waals surface area contributed by atoms with Crippen molar-refractivity contribution in [2.24, 2.45) is 11.3 Å². The zero-order valence-electron chi connectivity index (χ0n) is 24.6. The number of aliphatic hydroxyl groups excluding tert-OH is 1. The molecule has 0 bridgehead atoms. The molecule has 8 rings (SSSR count). The molecule has 9 nitrogen and oxygen atoms in total. The number of nitrogens with zero attached hydrogens (tertiary/aromatic N) is 6. The van der Waals surface area contributed by atoms with E-state index in [4.69, 9.17) is 9.72 Å². The quantitative estimate of drug-likeness (QED) is 0.332. The topological polar surface area (TPSA) is 106 Å². The van der Waals surface area contributed by atoms with E-state index in [1.54, 1.807) is 12.1 Å². The Kier molecular flexibility index (Phi) is 6.57. The minimum atomic E-state index is -0.799. The van der Waals surface area contributed by atoms with Crippen molar-refractivity contribution in [1.82, 2.24) is 14.9 Å². The number of amides is 1. The van der Waals surface area contributed by atoms with Crippen molar-refractivity contribution in [1.29, 1.82) is 5.26 Å². The van der Waals surface area contributed by atoms with E-state index >= 15 is 4.39 Å². The zero-order chi connectivity index (χ0) is 31.0. The summed E-state index contributed by atoms with van der Waals surface area (Å²) in [6.45, 7) is 4.01. The van der Waals surface area contributed by atoms with Crippen LogP contribution in [0.2, 0.25) is 0 Å². The van der Waals surface area contributed by atoms with Crippen molar-refractivity contribution >= 4 is 44.7 Å². The Balaban J connectivity index is 1.13. The van der Waals surface area contributed by atoms with Gasteiger partial charge in [0, 0.05) is 67.4 Å². The van der Waals surface area contributed by atoms with E-state index in [0.717, 1.165) is 30.8 Å². The predicted molar refractivity (Wildman–Crippen MR) is 165 cm³/mol. The molecule has 2 atom stereocenters. The number of rotatable bonds is 5. The number of halogens is 2. The Labute approximate surface area is 262 Å². The maximum absolute atomic E-state index is 15.9. The first-order valence-electron chi connectivity index (χ1n) is 15.1. The molecule has 4 aromatic rings. The third-order valence-electron chi connectivity index (χ3n) is 9.63. The molecule has 3 saturated heterocycles. The van der Waals surface area contributed by atoms with Crippen LogP contribution in [0.5, 0.6) is 0 Å². The molecule has 0 unspecified atom stereocenters. The van der Waals surface area contributed by atoms with Gasteiger partial charge in [-0.2, -0.15) is 5.26 Å². The van der Waals surface area contributed by atoms with E-state index in [0.29, 0.717) is 77.2 Å². The van der Waals surface area contributed by atoms with E-state index < -0.39 is 11.9 Å². The Bertz CT molecular complexity index is 1890. The number of benzene rings is 2. The molecule has 230 valence electrons. The molecule has 1 amide bonds. The number of likely N-dealkylation sites (tertiary alicyclic amines) is 1. The normalized spacial score (nSPS) is 21.5. The van der Waals surface area contributed by atoms with Gasteiger partial charge in [0.25, 0.3) is 0 Å². The van der Waals surface area contributed by atoms with Gasteiger partial charge in [0.2, 0.25) is 5.91 Å². The molecular weight excluding hydrogens is 598 g/mol. The van der Waals surface area contributed by atoms with Crippen molar-refractivity contribution in [3.63, 3.8) is 0 Å². The van der Waals surface area contributed by atoms with Crippen LogP contribution in [0.3, 0.4) is 0 Å². The summed E-state index contributed by atoms with van der Waals surface area (Å²) < 4.78 is 34.9. The van der Waals surface area contributed by atoms with Crippen LogP contribution >= 0.6 is 11.3 Å². The van der Waals surface area contributed by atoms with Gasteiger partial charge in [-0.25, -0.2) is 18.7 Å². The molecule has 12 heteroatoms. The van der Waals surface area contributed by atoms with E-state index in [2.05, 4.69) is 16.0 Å². The van der Waals surface area contributed by atoms with Gasteiger partial charge in [-0.05, 0) is 55.7 Å². The average molecular weight is 629 g/mol. The highest BCUT2D eigenvalue weighted by Crippen LogP contribution is 2.48. The predicted octanol–water partition coefficient (Wildman–Crippen LogP) is 4.94. The number of thiazole rings is 1. The molecule has 2 aromatic heterocycles. The molecule has 1 aliphatic carbocycles. The van der Waals surface area contributed by atoms with Crippen LogP contribution in [-0.2, 0) is 16.0 Å². The van der Waals surface area contributed by atoms with Crippen LogP contribution in [0, 0.1) is 34.3 Å². The lowest BCUT2D eigenvalue weighted by atomic mass is 9.72. The number of pyridine rings is 1. The largest absolute Gasteiger partial charge is 0.387 e. The number of fused-ring (bicyclic) bond motifs is 2. The summed E-state index contributed by atoms with van der Waals surface area (Å²) in [4.78, 5) is 28.5. The van der Waals surface area contributed by atoms with Gasteiger partial charge < -0.3 is 24.5 Å². The first-order chi connectivity index (χ1) is 21.7. The van der Waals surface area contributed by atoms with Crippen LogP contribution in [-0.4, -0.2) is 72.3 Å². The van der Waals surface area contributed by atoms with Crippen molar-refractivity contribution in [3.8, 4) is 17.3 Å². The lowest BCUT2D eigenvalue weighted by Gasteiger charge is -2.61. The van der Waals surface area contributed by atoms with Crippen molar-refractivity contribution < 1.29 is 23.4 Å². The fraction of sp³-hybridized carbons (Fsp3) is 0.394. The fourth-order valence-corrected chi connectivity index (χ4v) is 8.19. The Morgan fingerprint density at radius 3 is 2.64 bits per heavy atom. The maximum atomic E-state index is 15.9. The van der Waals surface area contributed by atoms with E-state index in [1.165, 1.54) is 29.5 Å². The second-order valence-electron chi connectivity index (χ2n) is 12.7. The number of anilines is 3. The lowest BCUT2D eigenvalue weighted by Crippen LogP contribution is -2.73. The smallest absolute Gasteiger partial charge is 0.228 e. The SMILES string of the molecule is CN(c1nc(-c2ccc(F)cc2)c(C#N)s1)c1c2c(nc3c(F)cc(N4CC5(CN(C(=O)[C@H]6CCOC6)C5)C4)cc13)[C@@H](O)CC2. The number of hydrogen-bond acceptors (Lipinski definition) is 9. The van der Waals surface area contributed by atoms with Gasteiger partial charge >= 0.3 is 0 Å². The third-order valence-corrected chi connectivity index (χ3v) is 10.7. The monoisotopic (exact) mass is 628 g/mol. The van der Waals surface area contributed by atoms with Gasteiger partial charge in [-0.15, -0.1) is 0 Å². The van der Waals surface area contributed by atoms with Gasteiger partial charge in [0.1, 0.15) is 28.0 Å². The number of carbonyl (C=O) groups is 1. The van der Waals surface area contributed by atoms with Crippen LogP contribution in [0.15, 0.2) is 36.4 Å². The van der Waals surface area contributed by atoms with Crippen molar-refractivity contribution in [3.05, 3.63) is 64.2 Å². The zero-order valence-corrected chi connectivity index (χ0v) is 25.4. The Morgan fingerprint density at radius 2 is 1.93 bits per heavy atom. The van der Waals surface area contributed by atoms with E-state index in [1.807, 2.05) is 22.9 Å². The first kappa shape index (κ1) is 28.3. The van der Waals surface area contributed by atoms with Crippen LogP contribution in [0.4, 0.5) is 25.3 Å². The van der Waals surface area contributed by atoms with Crippen molar-refractivity contribution in [2.45, 2.75) is 25.4 Å². The molecular formula is C33H30F2N6O3S.